The summed E-state index contributed by atoms with van der Waals surface area (Å²) >= 11 is 0. The van der Waals surface area contributed by atoms with E-state index in [0.29, 0.717) is 6.42 Å². The average molecular weight is 248 g/mol. The standard InChI is InChI=1S/C14H20N2O2/c1-9(15-3)6-14(17)16-12-4-5-13-11(8-12)7-10(2)18-13/h4-5,8-10,15H,6-7H2,1-3H3,(H,16,17). The number of hydrogen-bond acceptors (Lipinski definition) is 3. The molecule has 2 unspecified atom stereocenters. The molecule has 0 spiro atoms. The molecule has 0 bridgehead atoms. The predicted molar refractivity (Wildman–Crippen MR) is 72.0 cm³/mol. The topological polar surface area (TPSA) is 50.4 Å². The minimum Gasteiger partial charge on any atom is -0.490 e. The van der Waals surface area contributed by atoms with Crippen molar-refractivity contribution in [1.82, 2.24) is 5.32 Å². The summed E-state index contributed by atoms with van der Waals surface area (Å²) in [5.74, 6) is 0.966. The van der Waals surface area contributed by atoms with E-state index in [0.717, 1.165) is 17.9 Å². The van der Waals surface area contributed by atoms with Crippen LogP contribution in [0.4, 0.5) is 5.69 Å². The molecule has 1 aliphatic rings. The van der Waals surface area contributed by atoms with Crippen LogP contribution in [0.15, 0.2) is 18.2 Å². The number of amides is 1. The summed E-state index contributed by atoms with van der Waals surface area (Å²) in [6.45, 7) is 4.03. The van der Waals surface area contributed by atoms with Gasteiger partial charge >= 0.3 is 0 Å². The fourth-order valence-corrected chi connectivity index (χ4v) is 2.09. The van der Waals surface area contributed by atoms with E-state index in [1.807, 2.05) is 39.1 Å². The second-order valence-electron chi connectivity index (χ2n) is 4.90. The molecule has 98 valence electrons. The smallest absolute Gasteiger partial charge is 0.225 e. The summed E-state index contributed by atoms with van der Waals surface area (Å²) in [5, 5.41) is 5.97. The molecule has 0 aromatic heterocycles. The van der Waals surface area contributed by atoms with Gasteiger partial charge in [0, 0.05) is 24.6 Å². The van der Waals surface area contributed by atoms with E-state index in [4.69, 9.17) is 4.74 Å². The SMILES string of the molecule is CNC(C)CC(=O)Nc1ccc2c(c1)CC(C)O2. The third kappa shape index (κ3) is 3.01. The van der Waals surface area contributed by atoms with Gasteiger partial charge in [-0.15, -0.1) is 0 Å². The summed E-state index contributed by atoms with van der Waals surface area (Å²) in [6.07, 6.45) is 1.61. The lowest BCUT2D eigenvalue weighted by molar-refractivity contribution is -0.116. The van der Waals surface area contributed by atoms with Crippen LogP contribution in [0.1, 0.15) is 25.8 Å². The van der Waals surface area contributed by atoms with Gasteiger partial charge in [-0.1, -0.05) is 0 Å². The van der Waals surface area contributed by atoms with Crippen molar-refractivity contribution in [3.05, 3.63) is 23.8 Å². The van der Waals surface area contributed by atoms with Crippen LogP contribution in [0, 0.1) is 0 Å². The number of nitrogens with one attached hydrogen (secondary N) is 2. The van der Waals surface area contributed by atoms with Gasteiger partial charge in [-0.05, 0) is 44.7 Å². The molecular weight excluding hydrogens is 228 g/mol. The molecule has 0 fully saturated rings. The third-order valence-corrected chi connectivity index (χ3v) is 3.16. The summed E-state index contributed by atoms with van der Waals surface area (Å²) in [6, 6.07) is 6.00. The maximum atomic E-state index is 11.8. The van der Waals surface area contributed by atoms with Gasteiger partial charge in [0.2, 0.25) is 5.91 Å². The lowest BCUT2D eigenvalue weighted by Crippen LogP contribution is -2.27. The van der Waals surface area contributed by atoms with Gasteiger partial charge in [-0.3, -0.25) is 4.79 Å². The normalized spacial score (nSPS) is 18.9. The Balaban J connectivity index is 1.99. The van der Waals surface area contributed by atoms with Crippen molar-refractivity contribution < 1.29 is 9.53 Å². The van der Waals surface area contributed by atoms with Crippen molar-refractivity contribution in [2.75, 3.05) is 12.4 Å². The molecule has 1 amide bonds. The van der Waals surface area contributed by atoms with Gasteiger partial charge in [-0.2, -0.15) is 0 Å². The number of carbonyl (C=O) groups excluding carboxylic acids is 1. The Morgan fingerprint density at radius 3 is 3.06 bits per heavy atom. The molecule has 4 heteroatoms. The van der Waals surface area contributed by atoms with E-state index in [2.05, 4.69) is 10.6 Å². The van der Waals surface area contributed by atoms with Crippen LogP contribution in [-0.2, 0) is 11.2 Å². The van der Waals surface area contributed by atoms with E-state index in [-0.39, 0.29) is 18.1 Å². The van der Waals surface area contributed by atoms with Crippen molar-refractivity contribution in [3.63, 3.8) is 0 Å². The third-order valence-electron chi connectivity index (χ3n) is 3.16. The van der Waals surface area contributed by atoms with Crippen molar-refractivity contribution in [2.24, 2.45) is 0 Å². The lowest BCUT2D eigenvalue weighted by atomic mass is 10.1. The molecule has 0 aliphatic carbocycles. The van der Waals surface area contributed by atoms with Gasteiger partial charge in [0.05, 0.1) is 0 Å². The number of benzene rings is 1. The van der Waals surface area contributed by atoms with E-state index in [1.165, 1.54) is 5.56 Å². The summed E-state index contributed by atoms with van der Waals surface area (Å²) < 4.78 is 5.63. The van der Waals surface area contributed by atoms with Crippen molar-refractivity contribution in [1.29, 1.82) is 0 Å². The molecule has 2 N–H and O–H groups in total. The quantitative estimate of drug-likeness (QED) is 0.856. The fourth-order valence-electron chi connectivity index (χ4n) is 2.09. The van der Waals surface area contributed by atoms with Crippen LogP contribution >= 0.6 is 0 Å². The monoisotopic (exact) mass is 248 g/mol. The molecule has 0 saturated heterocycles. The Bertz CT molecular complexity index is 445. The molecule has 2 rings (SSSR count). The number of rotatable bonds is 4. The van der Waals surface area contributed by atoms with E-state index < -0.39 is 0 Å². The number of carbonyl (C=O) groups is 1. The molecule has 0 saturated carbocycles. The molecule has 4 nitrogen and oxygen atoms in total. The van der Waals surface area contributed by atoms with Crippen LogP contribution in [0.2, 0.25) is 0 Å². The van der Waals surface area contributed by atoms with Gasteiger partial charge in [-0.25, -0.2) is 0 Å². The number of anilines is 1. The molecule has 1 heterocycles. The van der Waals surface area contributed by atoms with Crippen molar-refractivity contribution in [3.8, 4) is 5.75 Å². The van der Waals surface area contributed by atoms with Crippen LogP contribution < -0.4 is 15.4 Å². The second kappa shape index (κ2) is 5.40. The Morgan fingerprint density at radius 1 is 1.56 bits per heavy atom. The zero-order valence-corrected chi connectivity index (χ0v) is 11.1. The number of hydrogen-bond donors (Lipinski definition) is 2. The highest BCUT2D eigenvalue weighted by Crippen LogP contribution is 2.30. The zero-order valence-electron chi connectivity index (χ0n) is 11.1. The minimum atomic E-state index is 0.0313. The predicted octanol–water partition coefficient (Wildman–Crippen LogP) is 1.95. The van der Waals surface area contributed by atoms with Crippen LogP contribution in [0.3, 0.4) is 0 Å². The van der Waals surface area contributed by atoms with E-state index in [1.54, 1.807) is 0 Å². The summed E-state index contributed by atoms with van der Waals surface area (Å²) in [7, 11) is 1.85. The molecular formula is C14H20N2O2. The highest BCUT2D eigenvalue weighted by molar-refractivity contribution is 5.91. The van der Waals surface area contributed by atoms with Gasteiger partial charge in [0.1, 0.15) is 11.9 Å². The van der Waals surface area contributed by atoms with E-state index >= 15 is 0 Å². The average Bonchev–Trinajstić information content (AvgIpc) is 2.68. The van der Waals surface area contributed by atoms with Crippen LogP contribution in [0.5, 0.6) is 5.75 Å². The Kier molecular flexibility index (Phi) is 3.87. The number of ether oxygens (including phenoxy) is 1. The molecule has 18 heavy (non-hydrogen) atoms. The summed E-state index contributed by atoms with van der Waals surface area (Å²) in [5.41, 5.74) is 2.02. The first-order chi connectivity index (χ1) is 8.58. The Morgan fingerprint density at radius 2 is 2.33 bits per heavy atom. The molecule has 1 aromatic rings. The summed E-state index contributed by atoms with van der Waals surface area (Å²) in [4.78, 5) is 11.8. The Labute approximate surface area is 108 Å². The first-order valence-electron chi connectivity index (χ1n) is 6.35. The first kappa shape index (κ1) is 12.9. The maximum absolute atomic E-state index is 11.8. The molecule has 1 aromatic carbocycles. The maximum Gasteiger partial charge on any atom is 0.225 e. The zero-order chi connectivity index (χ0) is 13.1. The van der Waals surface area contributed by atoms with Crippen molar-refractivity contribution in [2.45, 2.75) is 38.8 Å². The second-order valence-corrected chi connectivity index (χ2v) is 4.90. The first-order valence-corrected chi connectivity index (χ1v) is 6.35. The highest BCUT2D eigenvalue weighted by Gasteiger charge is 2.19. The highest BCUT2D eigenvalue weighted by atomic mass is 16.5. The van der Waals surface area contributed by atoms with Gasteiger partial charge in [0.25, 0.3) is 0 Å². The largest absolute Gasteiger partial charge is 0.490 e. The number of fused-ring (bicyclic) bond motifs is 1. The van der Waals surface area contributed by atoms with E-state index in [9.17, 15) is 4.79 Å². The molecule has 0 radical (unpaired) electrons. The van der Waals surface area contributed by atoms with Crippen LogP contribution in [-0.4, -0.2) is 25.1 Å². The fraction of sp³-hybridized carbons (Fsp3) is 0.500. The van der Waals surface area contributed by atoms with Gasteiger partial charge in [0.15, 0.2) is 0 Å². The Hall–Kier alpha value is -1.55. The van der Waals surface area contributed by atoms with Gasteiger partial charge < -0.3 is 15.4 Å². The molecule has 2 atom stereocenters. The van der Waals surface area contributed by atoms with Crippen LogP contribution in [0.25, 0.3) is 0 Å². The van der Waals surface area contributed by atoms with Crippen molar-refractivity contribution >= 4 is 11.6 Å². The lowest BCUT2D eigenvalue weighted by Gasteiger charge is -2.11. The minimum absolute atomic E-state index is 0.0313. The molecule has 1 aliphatic heterocycles.